The number of hydrogen-bond acceptors (Lipinski definition) is 6. The number of nitriles is 1. The van der Waals surface area contributed by atoms with E-state index in [1.54, 1.807) is 18.2 Å². The zero-order valence-corrected chi connectivity index (χ0v) is 17.7. The maximum atomic E-state index is 12.3. The number of hydrogen-bond donors (Lipinski definition) is 1. The Bertz CT molecular complexity index is 1300. The summed E-state index contributed by atoms with van der Waals surface area (Å²) in [4.78, 5) is 17.0. The van der Waals surface area contributed by atoms with Gasteiger partial charge in [-0.3, -0.25) is 4.79 Å². The summed E-state index contributed by atoms with van der Waals surface area (Å²) in [5, 5.41) is 22.0. The van der Waals surface area contributed by atoms with Crippen LogP contribution in [0.4, 0.5) is 5.69 Å². The molecule has 0 spiro atoms. The number of aryl methyl sites for hydroxylation is 1. The van der Waals surface area contributed by atoms with Gasteiger partial charge in [-0.2, -0.15) is 5.26 Å². The van der Waals surface area contributed by atoms with Crippen LogP contribution in [0.5, 0.6) is 0 Å². The van der Waals surface area contributed by atoms with Crippen molar-refractivity contribution in [3.05, 3.63) is 53.1 Å². The quantitative estimate of drug-likeness (QED) is 0.442. The first-order valence-electron chi connectivity index (χ1n) is 9.34. The van der Waals surface area contributed by atoms with Crippen molar-refractivity contribution in [2.45, 2.75) is 25.0 Å². The highest BCUT2D eigenvalue weighted by Crippen LogP contribution is 2.27. The standard InChI is InChI=1S/C21H17ClN6OS/c1-2-9-28-17-6-4-3-5-15(17)19-20(28)25-21(27-26-19)30-12-18(29)24-14-8-7-13(11-23)16(22)10-14/h3-8,10H,2,9,12H2,1H3,(H,24,29). The van der Waals surface area contributed by atoms with Crippen molar-refractivity contribution in [1.82, 2.24) is 19.7 Å². The molecule has 1 N–H and O–H groups in total. The summed E-state index contributed by atoms with van der Waals surface area (Å²) in [6.07, 6.45) is 0.968. The Morgan fingerprint density at radius 3 is 2.87 bits per heavy atom. The van der Waals surface area contributed by atoms with Crippen LogP contribution in [0.25, 0.3) is 22.1 Å². The lowest BCUT2D eigenvalue weighted by molar-refractivity contribution is -0.113. The molecule has 4 rings (SSSR count). The average molecular weight is 437 g/mol. The molecular formula is C21H17ClN6OS. The number of thioether (sulfide) groups is 1. The predicted octanol–water partition coefficient (Wildman–Crippen LogP) is 4.65. The zero-order chi connectivity index (χ0) is 21.1. The van der Waals surface area contributed by atoms with Gasteiger partial charge >= 0.3 is 0 Å². The molecule has 2 aromatic heterocycles. The van der Waals surface area contributed by atoms with Crippen LogP contribution in [-0.2, 0) is 11.3 Å². The number of anilines is 1. The monoisotopic (exact) mass is 436 g/mol. The molecule has 2 heterocycles. The number of rotatable bonds is 6. The molecular weight excluding hydrogens is 420 g/mol. The molecule has 0 aliphatic rings. The Morgan fingerprint density at radius 1 is 1.27 bits per heavy atom. The highest BCUT2D eigenvalue weighted by Gasteiger charge is 2.15. The Morgan fingerprint density at radius 2 is 2.10 bits per heavy atom. The van der Waals surface area contributed by atoms with Gasteiger partial charge in [0.1, 0.15) is 11.6 Å². The smallest absolute Gasteiger partial charge is 0.234 e. The SMILES string of the molecule is CCCn1c2ccccc2c2nnc(SCC(=O)Nc3ccc(C#N)c(Cl)c3)nc21. The summed E-state index contributed by atoms with van der Waals surface area (Å²) in [5.74, 6) is -0.0997. The molecule has 0 bridgehead atoms. The molecule has 30 heavy (non-hydrogen) atoms. The Kier molecular flexibility index (Phi) is 5.84. The number of carbonyl (C=O) groups excluding carboxylic acids is 1. The van der Waals surface area contributed by atoms with E-state index in [2.05, 4.69) is 38.1 Å². The van der Waals surface area contributed by atoms with E-state index in [4.69, 9.17) is 16.9 Å². The Hall–Kier alpha value is -3.15. The van der Waals surface area contributed by atoms with Gasteiger partial charge < -0.3 is 9.88 Å². The van der Waals surface area contributed by atoms with E-state index in [1.807, 2.05) is 24.3 Å². The van der Waals surface area contributed by atoms with E-state index in [1.165, 1.54) is 11.8 Å². The third-order valence-electron chi connectivity index (χ3n) is 4.51. The first kappa shape index (κ1) is 20.1. The van der Waals surface area contributed by atoms with Gasteiger partial charge in [-0.15, -0.1) is 10.2 Å². The van der Waals surface area contributed by atoms with Gasteiger partial charge in [0.15, 0.2) is 5.65 Å². The van der Waals surface area contributed by atoms with Crippen molar-refractivity contribution in [1.29, 1.82) is 5.26 Å². The van der Waals surface area contributed by atoms with Crippen molar-refractivity contribution in [2.75, 3.05) is 11.1 Å². The molecule has 0 saturated carbocycles. The fraction of sp³-hybridized carbons (Fsp3) is 0.190. The number of para-hydroxylation sites is 1. The summed E-state index contributed by atoms with van der Waals surface area (Å²) < 4.78 is 2.14. The van der Waals surface area contributed by atoms with Crippen LogP contribution in [0.3, 0.4) is 0 Å². The summed E-state index contributed by atoms with van der Waals surface area (Å²) in [6, 6.07) is 14.8. The summed E-state index contributed by atoms with van der Waals surface area (Å²) in [7, 11) is 0. The van der Waals surface area contributed by atoms with E-state index in [0.717, 1.165) is 35.0 Å². The van der Waals surface area contributed by atoms with Crippen LogP contribution >= 0.6 is 23.4 Å². The maximum Gasteiger partial charge on any atom is 0.234 e. The van der Waals surface area contributed by atoms with Crippen LogP contribution < -0.4 is 5.32 Å². The van der Waals surface area contributed by atoms with Gasteiger partial charge in [0, 0.05) is 17.6 Å². The van der Waals surface area contributed by atoms with Crippen LogP contribution in [0, 0.1) is 11.3 Å². The molecule has 0 aliphatic carbocycles. The van der Waals surface area contributed by atoms with Crippen molar-refractivity contribution in [3.63, 3.8) is 0 Å². The molecule has 2 aromatic carbocycles. The molecule has 7 nitrogen and oxygen atoms in total. The Labute approximate surface area is 182 Å². The second-order valence-electron chi connectivity index (χ2n) is 6.58. The van der Waals surface area contributed by atoms with Gasteiger partial charge in [-0.05, 0) is 30.7 Å². The molecule has 1 amide bonds. The number of nitrogens with one attached hydrogen (secondary N) is 1. The van der Waals surface area contributed by atoms with E-state index < -0.39 is 0 Å². The van der Waals surface area contributed by atoms with Crippen molar-refractivity contribution in [3.8, 4) is 6.07 Å². The summed E-state index contributed by atoms with van der Waals surface area (Å²) in [6.45, 7) is 2.94. The molecule has 0 atom stereocenters. The number of fused-ring (bicyclic) bond motifs is 3. The molecule has 0 fully saturated rings. The lowest BCUT2D eigenvalue weighted by atomic mass is 10.2. The van der Waals surface area contributed by atoms with Crippen molar-refractivity contribution >= 4 is 57.0 Å². The van der Waals surface area contributed by atoms with Gasteiger partial charge in [-0.25, -0.2) is 4.98 Å². The minimum Gasteiger partial charge on any atom is -0.325 e. The average Bonchev–Trinajstić information content (AvgIpc) is 3.06. The van der Waals surface area contributed by atoms with Gasteiger partial charge in [0.05, 0.1) is 21.9 Å². The summed E-state index contributed by atoms with van der Waals surface area (Å²) >= 11 is 7.22. The molecule has 0 saturated heterocycles. The number of carbonyl (C=O) groups is 1. The first-order chi connectivity index (χ1) is 14.6. The lowest BCUT2D eigenvalue weighted by Crippen LogP contribution is -2.14. The second-order valence-corrected chi connectivity index (χ2v) is 7.93. The minimum atomic E-state index is -0.224. The van der Waals surface area contributed by atoms with Crippen LogP contribution in [-0.4, -0.2) is 31.4 Å². The van der Waals surface area contributed by atoms with Crippen molar-refractivity contribution < 1.29 is 4.79 Å². The highest BCUT2D eigenvalue weighted by atomic mass is 35.5. The van der Waals surface area contributed by atoms with E-state index in [9.17, 15) is 4.79 Å². The van der Waals surface area contributed by atoms with Crippen LogP contribution in [0.1, 0.15) is 18.9 Å². The fourth-order valence-electron chi connectivity index (χ4n) is 3.21. The van der Waals surface area contributed by atoms with Gasteiger partial charge in [0.2, 0.25) is 11.1 Å². The summed E-state index contributed by atoms with van der Waals surface area (Å²) in [5.41, 5.74) is 3.50. The van der Waals surface area contributed by atoms with Gasteiger partial charge in [-0.1, -0.05) is 48.5 Å². The minimum absolute atomic E-state index is 0.124. The largest absolute Gasteiger partial charge is 0.325 e. The number of nitrogens with zero attached hydrogens (tertiary/aromatic N) is 5. The number of halogens is 1. The topological polar surface area (TPSA) is 96.5 Å². The lowest BCUT2D eigenvalue weighted by Gasteiger charge is -2.06. The number of amides is 1. The maximum absolute atomic E-state index is 12.3. The molecule has 4 aromatic rings. The molecule has 9 heteroatoms. The first-order valence-corrected chi connectivity index (χ1v) is 10.7. The Balaban J connectivity index is 1.52. The van der Waals surface area contributed by atoms with Gasteiger partial charge in [0.25, 0.3) is 0 Å². The third-order valence-corrected chi connectivity index (χ3v) is 5.66. The molecule has 0 aliphatic heterocycles. The van der Waals surface area contributed by atoms with E-state index in [-0.39, 0.29) is 11.7 Å². The van der Waals surface area contributed by atoms with Crippen LogP contribution in [0.2, 0.25) is 5.02 Å². The molecule has 0 unspecified atom stereocenters. The normalized spacial score (nSPS) is 11.0. The molecule has 150 valence electrons. The third kappa shape index (κ3) is 3.95. The predicted molar refractivity (Wildman–Crippen MR) is 119 cm³/mol. The number of benzene rings is 2. The van der Waals surface area contributed by atoms with Crippen molar-refractivity contribution in [2.24, 2.45) is 0 Å². The zero-order valence-electron chi connectivity index (χ0n) is 16.1. The molecule has 0 radical (unpaired) electrons. The van der Waals surface area contributed by atoms with E-state index >= 15 is 0 Å². The highest BCUT2D eigenvalue weighted by molar-refractivity contribution is 7.99. The fourth-order valence-corrected chi connectivity index (χ4v) is 4.02. The van der Waals surface area contributed by atoms with Crippen LogP contribution in [0.15, 0.2) is 47.6 Å². The van der Waals surface area contributed by atoms with E-state index in [0.29, 0.717) is 21.4 Å². The second kappa shape index (κ2) is 8.69. The number of aromatic nitrogens is 4.